The van der Waals surface area contributed by atoms with E-state index in [4.69, 9.17) is 10.5 Å². The van der Waals surface area contributed by atoms with Crippen LogP contribution >= 0.6 is 0 Å². The Morgan fingerprint density at radius 3 is 2.82 bits per heavy atom. The van der Waals surface area contributed by atoms with Crippen LogP contribution in [0, 0.1) is 13.0 Å². The van der Waals surface area contributed by atoms with Crippen molar-refractivity contribution in [3.63, 3.8) is 0 Å². The van der Waals surface area contributed by atoms with Crippen LogP contribution in [0.3, 0.4) is 0 Å². The molecule has 88 valence electrons. The molecule has 3 N–H and O–H groups in total. The summed E-state index contributed by atoms with van der Waals surface area (Å²) < 4.78 is 4.79. The normalized spacial score (nSPS) is 11.5. The molecule has 0 heterocycles. The molecule has 1 aromatic rings. The number of carbonyl (C=O) groups excluding carboxylic acids is 1. The summed E-state index contributed by atoms with van der Waals surface area (Å²) in [5, 5.41) is 9.76. The van der Waals surface area contributed by atoms with Crippen LogP contribution in [0.25, 0.3) is 0 Å². The maximum absolute atomic E-state index is 11.2. The quantitative estimate of drug-likeness (QED) is 0.652. The van der Waals surface area contributed by atoms with Crippen LogP contribution in [0.15, 0.2) is 12.1 Å². The smallest absolute Gasteiger partial charge is 0.533 e. The van der Waals surface area contributed by atoms with Gasteiger partial charge in [0, 0.05) is 5.75 Å². The van der Waals surface area contributed by atoms with Crippen molar-refractivity contribution in [3.8, 4) is 5.75 Å². The molecule has 0 bridgehead atoms. The number of hydrogen-bond donors (Lipinski definition) is 2. The molecule has 4 nitrogen and oxygen atoms in total. The Morgan fingerprint density at radius 1 is 1.59 bits per heavy atom. The van der Waals surface area contributed by atoms with E-state index in [1.165, 1.54) is 0 Å². The predicted molar refractivity (Wildman–Crippen MR) is 59.9 cm³/mol. The summed E-state index contributed by atoms with van der Waals surface area (Å²) in [5.74, 6) is -0.244. The fourth-order valence-electron chi connectivity index (χ4n) is 1.41. The van der Waals surface area contributed by atoms with E-state index in [1.807, 2.05) is 0 Å². The Hall–Kier alpha value is -0.446. The fraction of sp³-hybridized carbons (Fsp3) is 0.417. The van der Waals surface area contributed by atoms with Crippen LogP contribution in [0.4, 0.5) is 0 Å². The second kappa shape index (κ2) is 7.80. The summed E-state index contributed by atoms with van der Waals surface area (Å²) in [5.41, 5.74) is 7.03. The van der Waals surface area contributed by atoms with Crippen molar-refractivity contribution in [2.24, 2.45) is 5.73 Å². The van der Waals surface area contributed by atoms with Gasteiger partial charge in [-0.3, -0.25) is 4.79 Å². The van der Waals surface area contributed by atoms with E-state index in [9.17, 15) is 9.90 Å². The second-order valence-electron chi connectivity index (χ2n) is 3.56. The molecule has 5 heteroatoms. The third-order valence-electron chi connectivity index (χ3n) is 2.28. The Kier molecular flexibility index (Phi) is 7.59. The van der Waals surface area contributed by atoms with Crippen LogP contribution < -0.4 is 5.73 Å². The molecule has 0 spiro atoms. The Labute approximate surface area is 126 Å². The van der Waals surface area contributed by atoms with Gasteiger partial charge in [-0.25, -0.2) is 0 Å². The number of rotatable bonds is 4. The van der Waals surface area contributed by atoms with E-state index in [0.717, 1.165) is 0 Å². The van der Waals surface area contributed by atoms with Gasteiger partial charge in [-0.1, -0.05) is 12.5 Å². The summed E-state index contributed by atoms with van der Waals surface area (Å²) in [6.07, 6.45) is 0.0543. The molecular weight excluding hydrogens is 295 g/mol. The number of ether oxygens (including phenoxy) is 1. The molecule has 0 aliphatic rings. The number of hydrogen-bond acceptors (Lipinski definition) is 4. The van der Waals surface area contributed by atoms with Crippen LogP contribution in [-0.2, 0) is 42.2 Å². The molecule has 0 aliphatic heterocycles. The maximum atomic E-state index is 11.2. The first-order valence-corrected chi connectivity index (χ1v) is 5.17. The molecule has 17 heavy (non-hydrogen) atoms. The van der Waals surface area contributed by atoms with Gasteiger partial charge >= 0.3 is 38.7 Å². The number of nitrogens with two attached hydrogens (primary N) is 1. The van der Waals surface area contributed by atoms with Gasteiger partial charge in [0.2, 0.25) is 0 Å². The van der Waals surface area contributed by atoms with Crippen LogP contribution in [0.2, 0.25) is 0 Å². The van der Waals surface area contributed by atoms with E-state index in [2.05, 4.69) is 6.07 Å². The summed E-state index contributed by atoms with van der Waals surface area (Å²) in [4.78, 5) is 11.2. The topological polar surface area (TPSA) is 72.5 Å². The van der Waals surface area contributed by atoms with Gasteiger partial charge in [0.05, 0.1) is 13.0 Å². The number of aromatic hydroxyl groups is 1. The standard InChI is InChI=1S/C12H16NO3.Y/c1-3-16-11(14)7-10(13)9-6-4-5-8(2)12(9)15;/h5-6,10,15H,3,7,13H2,1-2H3;/q-1;+3. The number of benzene rings is 1. The molecule has 1 atom stereocenters. The summed E-state index contributed by atoms with van der Waals surface area (Å²) in [7, 11) is 0. The second-order valence-corrected chi connectivity index (χ2v) is 3.56. The van der Waals surface area contributed by atoms with E-state index >= 15 is 0 Å². The van der Waals surface area contributed by atoms with E-state index < -0.39 is 6.04 Å². The number of carbonyl (C=O) groups is 1. The zero-order chi connectivity index (χ0) is 12.1. The Morgan fingerprint density at radius 2 is 2.24 bits per heavy atom. The van der Waals surface area contributed by atoms with Gasteiger partial charge < -0.3 is 15.6 Å². The van der Waals surface area contributed by atoms with Crippen molar-refractivity contribution < 1.29 is 47.3 Å². The largest absolute Gasteiger partial charge is 3.00 e. The summed E-state index contributed by atoms with van der Waals surface area (Å²) in [6.45, 7) is 3.82. The Bertz CT molecular complexity index is 382. The van der Waals surface area contributed by atoms with E-state index in [1.54, 1.807) is 26.0 Å². The molecule has 1 rings (SSSR count). The van der Waals surface area contributed by atoms with Crippen molar-refractivity contribution in [3.05, 3.63) is 29.3 Å². The van der Waals surface area contributed by atoms with Gasteiger partial charge in [0.1, 0.15) is 0 Å². The zero-order valence-corrected chi connectivity index (χ0v) is 12.9. The Balaban J connectivity index is 0.00000256. The minimum absolute atomic E-state index is 0. The molecule has 0 amide bonds. The first-order valence-electron chi connectivity index (χ1n) is 5.17. The van der Waals surface area contributed by atoms with Crippen LogP contribution in [0.5, 0.6) is 5.75 Å². The minimum Gasteiger partial charge on any atom is -0.533 e. The van der Waals surface area contributed by atoms with Crippen LogP contribution in [-0.4, -0.2) is 17.7 Å². The molecule has 1 aromatic carbocycles. The third kappa shape index (κ3) is 4.74. The SMILES string of the molecule is CCOC(=O)CC(N)c1c[c-]cc(C)c1O.[Y+3]. The van der Waals surface area contributed by atoms with Gasteiger partial charge in [0.15, 0.2) is 0 Å². The molecule has 0 fully saturated rings. The molecule has 0 aliphatic carbocycles. The predicted octanol–water partition coefficient (Wildman–Crippen LogP) is 1.45. The van der Waals surface area contributed by atoms with Gasteiger partial charge in [-0.05, 0) is 13.0 Å². The molecule has 0 aromatic heterocycles. The number of esters is 1. The molecule has 0 radical (unpaired) electrons. The average Bonchev–Trinajstić information content (AvgIpc) is 2.22. The molecule has 0 saturated heterocycles. The van der Waals surface area contributed by atoms with Crippen molar-refractivity contribution in [2.45, 2.75) is 26.3 Å². The van der Waals surface area contributed by atoms with Crippen LogP contribution in [0.1, 0.15) is 30.5 Å². The van der Waals surface area contributed by atoms with E-state index in [-0.39, 0.29) is 50.8 Å². The third-order valence-corrected chi connectivity index (χ3v) is 2.28. The fourth-order valence-corrected chi connectivity index (χ4v) is 1.41. The summed E-state index contributed by atoms with van der Waals surface area (Å²) in [6, 6.07) is 5.56. The maximum Gasteiger partial charge on any atom is 3.00 e. The summed E-state index contributed by atoms with van der Waals surface area (Å²) >= 11 is 0. The van der Waals surface area contributed by atoms with Gasteiger partial charge in [-0.15, -0.1) is 5.56 Å². The molecule has 1 unspecified atom stereocenters. The van der Waals surface area contributed by atoms with E-state index in [0.29, 0.717) is 17.7 Å². The molecular formula is C12H16NO3Y+2. The van der Waals surface area contributed by atoms with Gasteiger partial charge in [-0.2, -0.15) is 18.2 Å². The van der Waals surface area contributed by atoms with Crippen molar-refractivity contribution >= 4 is 5.97 Å². The monoisotopic (exact) mass is 311 g/mol. The zero-order valence-electron chi connectivity index (χ0n) is 10.1. The number of aryl methyl sites for hydroxylation is 1. The number of phenolic OH excluding ortho intramolecular Hbond substituents is 1. The van der Waals surface area contributed by atoms with Crippen molar-refractivity contribution in [2.75, 3.05) is 6.61 Å². The first kappa shape index (κ1) is 16.6. The minimum atomic E-state index is -0.560. The van der Waals surface area contributed by atoms with Gasteiger partial charge in [0.25, 0.3) is 0 Å². The van der Waals surface area contributed by atoms with Crippen molar-refractivity contribution in [1.82, 2.24) is 0 Å². The average molecular weight is 311 g/mol. The molecule has 0 saturated carbocycles. The number of phenols is 1. The van der Waals surface area contributed by atoms with Crippen molar-refractivity contribution in [1.29, 1.82) is 0 Å². The first-order chi connectivity index (χ1) is 7.56.